The number of rotatable bonds is 4. The van der Waals surface area contributed by atoms with E-state index in [-0.39, 0.29) is 6.04 Å². The van der Waals surface area contributed by atoms with E-state index in [0.29, 0.717) is 0 Å². The Hall–Kier alpha value is -0.800. The number of hydrogen-bond donors (Lipinski definition) is 2. The lowest BCUT2D eigenvalue weighted by molar-refractivity contribution is 0.280. The van der Waals surface area contributed by atoms with Gasteiger partial charge in [0.2, 0.25) is 0 Å². The largest absolute Gasteiger partial charge is 0.467 e. The van der Waals surface area contributed by atoms with Crippen molar-refractivity contribution in [3.63, 3.8) is 0 Å². The minimum atomic E-state index is 0.179. The van der Waals surface area contributed by atoms with Gasteiger partial charge in [0.25, 0.3) is 0 Å². The van der Waals surface area contributed by atoms with Gasteiger partial charge in [-0.05, 0) is 30.9 Å². The van der Waals surface area contributed by atoms with Gasteiger partial charge in [-0.3, -0.25) is 5.84 Å². The van der Waals surface area contributed by atoms with Gasteiger partial charge in [-0.15, -0.1) is 0 Å². The van der Waals surface area contributed by atoms with Gasteiger partial charge in [0, 0.05) is 0 Å². The Bertz CT molecular complexity index is 315. The molecule has 0 saturated heterocycles. The summed E-state index contributed by atoms with van der Waals surface area (Å²) in [7, 11) is 0. The third-order valence-corrected chi connectivity index (χ3v) is 3.71. The van der Waals surface area contributed by atoms with Gasteiger partial charge >= 0.3 is 0 Å². The summed E-state index contributed by atoms with van der Waals surface area (Å²) in [4.78, 5) is 0. The zero-order valence-corrected chi connectivity index (χ0v) is 10.0. The molecule has 1 unspecified atom stereocenters. The van der Waals surface area contributed by atoms with Crippen LogP contribution in [-0.4, -0.2) is 0 Å². The molecule has 3 N–H and O–H groups in total. The van der Waals surface area contributed by atoms with Crippen LogP contribution in [0.4, 0.5) is 0 Å². The van der Waals surface area contributed by atoms with Crippen LogP contribution >= 0.6 is 0 Å². The van der Waals surface area contributed by atoms with Crippen LogP contribution in [-0.2, 0) is 0 Å². The Morgan fingerprint density at radius 2 is 2.19 bits per heavy atom. The highest BCUT2D eigenvalue weighted by atomic mass is 16.3. The van der Waals surface area contributed by atoms with Gasteiger partial charge in [-0.25, -0.2) is 5.43 Å². The Labute approximate surface area is 97.4 Å². The summed E-state index contributed by atoms with van der Waals surface area (Å²) >= 11 is 0. The molecule has 0 amide bonds. The van der Waals surface area contributed by atoms with Gasteiger partial charge in [-0.1, -0.05) is 32.1 Å². The average molecular weight is 222 g/mol. The van der Waals surface area contributed by atoms with Gasteiger partial charge in [0.15, 0.2) is 0 Å². The molecular formula is C13H22N2O. The molecule has 2 rings (SSSR count). The zero-order chi connectivity index (χ0) is 11.4. The predicted octanol–water partition coefficient (Wildman–Crippen LogP) is 3.06. The maximum Gasteiger partial charge on any atom is 0.124 e. The standard InChI is InChI=1S/C13H22N2O/c1-10-7-8-16-13(10)12(15-14)9-11-5-3-2-4-6-11/h7-8,11-12,15H,2-6,9,14H2,1H3. The molecule has 1 aromatic heterocycles. The quantitative estimate of drug-likeness (QED) is 0.608. The smallest absolute Gasteiger partial charge is 0.124 e. The first-order valence-corrected chi connectivity index (χ1v) is 6.31. The van der Waals surface area contributed by atoms with E-state index in [1.165, 1.54) is 37.7 Å². The fourth-order valence-electron chi connectivity index (χ4n) is 2.75. The third kappa shape index (κ3) is 2.66. The van der Waals surface area contributed by atoms with Crippen molar-refractivity contribution in [1.82, 2.24) is 5.43 Å². The molecule has 1 aliphatic carbocycles. The van der Waals surface area contributed by atoms with Crippen molar-refractivity contribution in [2.24, 2.45) is 11.8 Å². The summed E-state index contributed by atoms with van der Waals surface area (Å²) in [6, 6.07) is 2.18. The van der Waals surface area contributed by atoms with E-state index < -0.39 is 0 Å². The molecule has 90 valence electrons. The predicted molar refractivity (Wildman–Crippen MR) is 64.7 cm³/mol. The van der Waals surface area contributed by atoms with E-state index in [0.717, 1.165) is 18.1 Å². The van der Waals surface area contributed by atoms with Crippen molar-refractivity contribution in [2.75, 3.05) is 0 Å². The molecule has 1 heterocycles. The van der Waals surface area contributed by atoms with Gasteiger partial charge in [-0.2, -0.15) is 0 Å². The van der Waals surface area contributed by atoms with Crippen molar-refractivity contribution in [1.29, 1.82) is 0 Å². The fourth-order valence-corrected chi connectivity index (χ4v) is 2.75. The van der Waals surface area contributed by atoms with Gasteiger partial charge < -0.3 is 4.42 Å². The van der Waals surface area contributed by atoms with E-state index >= 15 is 0 Å². The molecule has 0 bridgehead atoms. The minimum absolute atomic E-state index is 0.179. The normalized spacial score (nSPS) is 19.9. The molecule has 16 heavy (non-hydrogen) atoms. The first-order chi connectivity index (χ1) is 7.81. The lowest BCUT2D eigenvalue weighted by Crippen LogP contribution is -2.30. The Balaban J connectivity index is 1.97. The molecule has 0 spiro atoms. The minimum Gasteiger partial charge on any atom is -0.467 e. The van der Waals surface area contributed by atoms with Crippen LogP contribution < -0.4 is 11.3 Å². The topological polar surface area (TPSA) is 51.2 Å². The highest BCUT2D eigenvalue weighted by Gasteiger charge is 2.22. The second-order valence-corrected chi connectivity index (χ2v) is 4.93. The second kappa shape index (κ2) is 5.51. The monoisotopic (exact) mass is 222 g/mol. The Kier molecular flexibility index (Phi) is 4.02. The van der Waals surface area contributed by atoms with E-state index in [1.54, 1.807) is 6.26 Å². The van der Waals surface area contributed by atoms with Crippen LogP contribution in [0.5, 0.6) is 0 Å². The van der Waals surface area contributed by atoms with Crippen molar-refractivity contribution >= 4 is 0 Å². The first-order valence-electron chi connectivity index (χ1n) is 6.31. The number of nitrogens with one attached hydrogen (secondary N) is 1. The third-order valence-electron chi connectivity index (χ3n) is 3.71. The number of hydrazine groups is 1. The van der Waals surface area contributed by atoms with E-state index in [1.807, 2.05) is 6.07 Å². The molecule has 1 aliphatic rings. The number of furan rings is 1. The molecule has 1 fully saturated rings. The van der Waals surface area contributed by atoms with Crippen LogP contribution in [0.15, 0.2) is 16.7 Å². The summed E-state index contributed by atoms with van der Waals surface area (Å²) in [5.74, 6) is 7.45. The van der Waals surface area contributed by atoms with E-state index in [9.17, 15) is 0 Å². The van der Waals surface area contributed by atoms with Crippen molar-refractivity contribution in [3.05, 3.63) is 23.7 Å². The van der Waals surface area contributed by atoms with Crippen molar-refractivity contribution < 1.29 is 4.42 Å². The Morgan fingerprint density at radius 3 is 2.75 bits per heavy atom. The van der Waals surface area contributed by atoms with Gasteiger partial charge in [0.1, 0.15) is 5.76 Å². The lowest BCUT2D eigenvalue weighted by Gasteiger charge is -2.25. The van der Waals surface area contributed by atoms with Gasteiger partial charge in [0.05, 0.1) is 12.3 Å². The van der Waals surface area contributed by atoms with Crippen molar-refractivity contribution in [2.45, 2.75) is 51.5 Å². The second-order valence-electron chi connectivity index (χ2n) is 4.93. The lowest BCUT2D eigenvalue weighted by atomic mass is 9.84. The summed E-state index contributed by atoms with van der Waals surface area (Å²) in [6.45, 7) is 2.07. The molecule has 1 atom stereocenters. The average Bonchev–Trinajstić information content (AvgIpc) is 2.74. The summed E-state index contributed by atoms with van der Waals surface area (Å²) < 4.78 is 5.52. The van der Waals surface area contributed by atoms with E-state index in [4.69, 9.17) is 10.3 Å². The molecule has 3 nitrogen and oxygen atoms in total. The van der Waals surface area contributed by atoms with Crippen LogP contribution in [0, 0.1) is 12.8 Å². The summed E-state index contributed by atoms with van der Waals surface area (Å²) in [5, 5.41) is 0. The molecule has 0 aromatic carbocycles. The summed E-state index contributed by atoms with van der Waals surface area (Å²) in [5.41, 5.74) is 4.09. The van der Waals surface area contributed by atoms with E-state index in [2.05, 4.69) is 12.3 Å². The summed E-state index contributed by atoms with van der Waals surface area (Å²) in [6.07, 6.45) is 9.69. The molecule has 0 radical (unpaired) electrons. The van der Waals surface area contributed by atoms with Crippen LogP contribution in [0.3, 0.4) is 0 Å². The molecule has 0 aliphatic heterocycles. The Morgan fingerprint density at radius 1 is 1.44 bits per heavy atom. The molecule has 3 heteroatoms. The maximum atomic E-state index is 5.64. The molecule has 1 saturated carbocycles. The molecular weight excluding hydrogens is 200 g/mol. The molecule has 1 aromatic rings. The van der Waals surface area contributed by atoms with Crippen LogP contribution in [0.1, 0.15) is 55.9 Å². The SMILES string of the molecule is Cc1ccoc1C(CC1CCCCC1)NN. The first kappa shape index (κ1) is 11.7. The maximum absolute atomic E-state index is 5.64. The van der Waals surface area contributed by atoms with Crippen LogP contribution in [0.2, 0.25) is 0 Å². The highest BCUT2D eigenvalue weighted by Crippen LogP contribution is 2.32. The fraction of sp³-hybridized carbons (Fsp3) is 0.692. The van der Waals surface area contributed by atoms with Crippen LogP contribution in [0.25, 0.3) is 0 Å². The highest BCUT2D eigenvalue weighted by molar-refractivity contribution is 5.18. The number of hydrogen-bond acceptors (Lipinski definition) is 3. The number of nitrogens with two attached hydrogens (primary N) is 1. The van der Waals surface area contributed by atoms with Crippen molar-refractivity contribution in [3.8, 4) is 0 Å². The zero-order valence-electron chi connectivity index (χ0n) is 10.0. The number of aryl methyl sites for hydroxylation is 1.